The Morgan fingerprint density at radius 3 is 2.15 bits per heavy atom. The fraction of sp³-hybridized carbons (Fsp3) is 0.650. The van der Waals surface area contributed by atoms with E-state index in [1.165, 1.54) is 0 Å². The molecule has 0 saturated carbocycles. The summed E-state index contributed by atoms with van der Waals surface area (Å²) in [6, 6.07) is 7.84. The first-order chi connectivity index (χ1) is 11.9. The lowest BCUT2D eigenvalue weighted by Crippen LogP contribution is -2.41. The van der Waals surface area contributed by atoms with Gasteiger partial charge in [-0.15, -0.1) is 0 Å². The van der Waals surface area contributed by atoms with Crippen molar-refractivity contribution in [3.05, 3.63) is 29.8 Å². The molecular weight excluding hydrogens is 329 g/mol. The SMILES string of the molecule is CC.CC(C)(C)OC(=O)NCc1cccc(B2OC(C)(C)C(C)(C)O2)c1. The summed E-state index contributed by atoms with van der Waals surface area (Å²) in [6.07, 6.45) is -0.427. The summed E-state index contributed by atoms with van der Waals surface area (Å²) in [5, 5.41) is 2.76. The van der Waals surface area contributed by atoms with Crippen LogP contribution in [0.25, 0.3) is 0 Å². The molecule has 1 heterocycles. The molecule has 0 radical (unpaired) electrons. The van der Waals surface area contributed by atoms with Crippen LogP contribution in [0.2, 0.25) is 0 Å². The first-order valence-electron chi connectivity index (χ1n) is 9.31. The number of nitrogens with one attached hydrogen (secondary N) is 1. The highest BCUT2D eigenvalue weighted by atomic mass is 16.7. The zero-order chi connectivity index (χ0) is 20.2. The summed E-state index contributed by atoms with van der Waals surface area (Å²) >= 11 is 0. The van der Waals surface area contributed by atoms with Gasteiger partial charge in [0.2, 0.25) is 0 Å². The molecule has 1 aromatic rings. The van der Waals surface area contributed by atoms with Crippen molar-refractivity contribution in [1.82, 2.24) is 5.32 Å². The van der Waals surface area contributed by atoms with Gasteiger partial charge < -0.3 is 19.4 Å². The minimum Gasteiger partial charge on any atom is -0.444 e. The molecular formula is C20H34BNO4. The average molecular weight is 363 g/mol. The Morgan fingerprint density at radius 1 is 1.12 bits per heavy atom. The van der Waals surface area contributed by atoms with Crippen molar-refractivity contribution in [3.8, 4) is 0 Å². The number of hydrogen-bond donors (Lipinski definition) is 1. The van der Waals surface area contributed by atoms with Crippen molar-refractivity contribution in [2.45, 2.75) is 85.7 Å². The molecule has 1 amide bonds. The van der Waals surface area contributed by atoms with E-state index < -0.39 is 18.8 Å². The van der Waals surface area contributed by atoms with Crippen LogP contribution in [-0.4, -0.2) is 30.0 Å². The second-order valence-electron chi connectivity index (χ2n) is 8.19. The van der Waals surface area contributed by atoms with Crippen molar-refractivity contribution in [1.29, 1.82) is 0 Å². The van der Waals surface area contributed by atoms with E-state index >= 15 is 0 Å². The van der Waals surface area contributed by atoms with Gasteiger partial charge in [0.1, 0.15) is 5.60 Å². The average Bonchev–Trinajstić information content (AvgIpc) is 2.74. The maximum absolute atomic E-state index is 11.8. The highest BCUT2D eigenvalue weighted by Gasteiger charge is 2.51. The van der Waals surface area contributed by atoms with E-state index in [1.807, 2.05) is 86.6 Å². The maximum Gasteiger partial charge on any atom is 0.494 e. The topological polar surface area (TPSA) is 56.8 Å². The number of carbonyl (C=O) groups is 1. The van der Waals surface area contributed by atoms with Crippen molar-refractivity contribution >= 4 is 18.7 Å². The Kier molecular flexibility index (Phi) is 7.31. The van der Waals surface area contributed by atoms with Gasteiger partial charge in [-0.1, -0.05) is 38.1 Å². The van der Waals surface area contributed by atoms with E-state index in [9.17, 15) is 4.79 Å². The monoisotopic (exact) mass is 363 g/mol. The number of ether oxygens (including phenoxy) is 1. The Labute approximate surface area is 158 Å². The molecule has 26 heavy (non-hydrogen) atoms. The van der Waals surface area contributed by atoms with Gasteiger partial charge in [0.05, 0.1) is 11.2 Å². The largest absolute Gasteiger partial charge is 0.494 e. The molecule has 146 valence electrons. The molecule has 0 aliphatic carbocycles. The summed E-state index contributed by atoms with van der Waals surface area (Å²) in [6.45, 7) is 18.0. The first kappa shape index (κ1) is 22.5. The van der Waals surface area contributed by atoms with Crippen molar-refractivity contribution in [3.63, 3.8) is 0 Å². The van der Waals surface area contributed by atoms with E-state index in [0.717, 1.165) is 11.0 Å². The van der Waals surface area contributed by atoms with Crippen LogP contribution in [-0.2, 0) is 20.6 Å². The third-order valence-corrected chi connectivity index (χ3v) is 4.31. The Hall–Kier alpha value is -1.53. The molecule has 1 saturated heterocycles. The van der Waals surface area contributed by atoms with Crippen LogP contribution < -0.4 is 10.8 Å². The number of amides is 1. The number of benzene rings is 1. The van der Waals surface area contributed by atoms with Crippen LogP contribution in [0.5, 0.6) is 0 Å². The fourth-order valence-electron chi connectivity index (χ4n) is 2.32. The van der Waals surface area contributed by atoms with Crippen LogP contribution in [0, 0.1) is 0 Å². The van der Waals surface area contributed by atoms with Crippen LogP contribution >= 0.6 is 0 Å². The lowest BCUT2D eigenvalue weighted by Gasteiger charge is -2.32. The van der Waals surface area contributed by atoms with Crippen LogP contribution in [0.3, 0.4) is 0 Å². The number of carbonyl (C=O) groups excluding carboxylic acids is 1. The third-order valence-electron chi connectivity index (χ3n) is 4.31. The highest BCUT2D eigenvalue weighted by molar-refractivity contribution is 6.62. The summed E-state index contributed by atoms with van der Waals surface area (Å²) in [5.74, 6) is 0. The van der Waals surface area contributed by atoms with Gasteiger partial charge in [0.25, 0.3) is 0 Å². The zero-order valence-corrected chi connectivity index (χ0v) is 17.7. The lowest BCUT2D eigenvalue weighted by molar-refractivity contribution is 0.00578. The van der Waals surface area contributed by atoms with Gasteiger partial charge in [-0.3, -0.25) is 0 Å². The summed E-state index contributed by atoms with van der Waals surface area (Å²) in [4.78, 5) is 11.8. The molecule has 5 nitrogen and oxygen atoms in total. The number of hydrogen-bond acceptors (Lipinski definition) is 4. The molecule has 0 unspecified atom stereocenters. The fourth-order valence-corrected chi connectivity index (χ4v) is 2.32. The Balaban J connectivity index is 0.00000163. The number of alkyl carbamates (subject to hydrolysis) is 1. The minimum absolute atomic E-state index is 0.373. The molecule has 0 spiro atoms. The van der Waals surface area contributed by atoms with Gasteiger partial charge in [-0.25, -0.2) is 4.79 Å². The number of rotatable bonds is 3. The molecule has 0 bridgehead atoms. The Bertz CT molecular complexity index is 592. The summed E-state index contributed by atoms with van der Waals surface area (Å²) < 4.78 is 17.4. The maximum atomic E-state index is 11.8. The van der Waals surface area contributed by atoms with Crippen molar-refractivity contribution in [2.75, 3.05) is 0 Å². The molecule has 1 fully saturated rings. The second kappa shape index (κ2) is 8.44. The quantitative estimate of drug-likeness (QED) is 0.824. The van der Waals surface area contributed by atoms with E-state index in [4.69, 9.17) is 14.0 Å². The lowest BCUT2D eigenvalue weighted by atomic mass is 9.78. The normalized spacial score (nSPS) is 18.0. The van der Waals surface area contributed by atoms with Gasteiger partial charge in [-0.2, -0.15) is 0 Å². The Morgan fingerprint density at radius 2 is 1.65 bits per heavy atom. The minimum atomic E-state index is -0.505. The van der Waals surface area contributed by atoms with Gasteiger partial charge >= 0.3 is 13.2 Å². The van der Waals surface area contributed by atoms with Gasteiger partial charge in [-0.05, 0) is 59.5 Å². The molecule has 0 aromatic heterocycles. The van der Waals surface area contributed by atoms with Crippen molar-refractivity contribution in [2.24, 2.45) is 0 Å². The molecule has 1 aliphatic rings. The predicted octanol–water partition coefficient (Wildman–Crippen LogP) is 4.04. The van der Waals surface area contributed by atoms with E-state index in [1.54, 1.807) is 0 Å². The van der Waals surface area contributed by atoms with E-state index in [0.29, 0.717) is 6.54 Å². The van der Waals surface area contributed by atoms with E-state index in [-0.39, 0.29) is 11.2 Å². The molecule has 1 aromatic carbocycles. The molecule has 2 rings (SSSR count). The molecule has 6 heteroatoms. The summed E-state index contributed by atoms with van der Waals surface area (Å²) in [7, 11) is -0.406. The van der Waals surface area contributed by atoms with E-state index in [2.05, 4.69) is 5.32 Å². The first-order valence-corrected chi connectivity index (χ1v) is 9.31. The highest BCUT2D eigenvalue weighted by Crippen LogP contribution is 2.36. The molecule has 1 aliphatic heterocycles. The van der Waals surface area contributed by atoms with Gasteiger partial charge in [0.15, 0.2) is 0 Å². The van der Waals surface area contributed by atoms with Crippen LogP contribution in [0.15, 0.2) is 24.3 Å². The second-order valence-corrected chi connectivity index (χ2v) is 8.19. The van der Waals surface area contributed by atoms with Crippen LogP contribution in [0.4, 0.5) is 4.79 Å². The molecule has 0 atom stereocenters. The van der Waals surface area contributed by atoms with Gasteiger partial charge in [0, 0.05) is 6.54 Å². The smallest absolute Gasteiger partial charge is 0.444 e. The van der Waals surface area contributed by atoms with Crippen molar-refractivity contribution < 1.29 is 18.8 Å². The summed E-state index contributed by atoms with van der Waals surface area (Å²) in [5.41, 5.74) is 0.657. The van der Waals surface area contributed by atoms with Crippen LogP contribution in [0.1, 0.15) is 67.9 Å². The predicted molar refractivity (Wildman–Crippen MR) is 107 cm³/mol. The standard InChI is InChI=1S/C18H28BNO4.C2H6/c1-16(2,3)22-15(21)20-12-13-9-8-10-14(11-13)19-23-17(4,5)18(6,7)24-19;1-2/h8-11H,12H2,1-7H3,(H,20,21);1-2H3. The third kappa shape index (κ3) is 6.03. The zero-order valence-electron chi connectivity index (χ0n) is 17.7. The molecule has 1 N–H and O–H groups in total.